The minimum absolute atomic E-state index is 0.286. The molecule has 2 aromatic heterocycles. The van der Waals surface area contributed by atoms with Crippen LogP contribution in [-0.2, 0) is 6.42 Å². The molecule has 5 N–H and O–H groups in total. The summed E-state index contributed by atoms with van der Waals surface area (Å²) in [5, 5.41) is 10.4. The van der Waals surface area contributed by atoms with Crippen molar-refractivity contribution in [2.24, 2.45) is 10.7 Å². The van der Waals surface area contributed by atoms with Gasteiger partial charge in [-0.1, -0.05) is 6.07 Å². The van der Waals surface area contributed by atoms with Crippen molar-refractivity contribution in [1.82, 2.24) is 15.3 Å². The number of aromatic nitrogens is 2. The van der Waals surface area contributed by atoms with Crippen LogP contribution in [0.5, 0.6) is 0 Å². The van der Waals surface area contributed by atoms with E-state index in [4.69, 9.17) is 5.73 Å². The van der Waals surface area contributed by atoms with Gasteiger partial charge in [0.25, 0.3) is 0 Å². The lowest BCUT2D eigenvalue weighted by Gasteiger charge is -2.28. The number of hydrogen-bond acceptors (Lipinski definition) is 7. The number of nitrogens with zero attached hydrogens (tertiary/aromatic N) is 3. The predicted molar refractivity (Wildman–Crippen MR) is 112 cm³/mol. The van der Waals surface area contributed by atoms with E-state index in [1.807, 2.05) is 25.4 Å². The number of anilines is 2. The summed E-state index contributed by atoms with van der Waals surface area (Å²) in [7, 11) is 1.72. The summed E-state index contributed by atoms with van der Waals surface area (Å²) < 4.78 is 0. The van der Waals surface area contributed by atoms with Crippen molar-refractivity contribution in [3.63, 3.8) is 0 Å². The molecular weight excluding hydrogens is 338 g/mol. The van der Waals surface area contributed by atoms with Gasteiger partial charge in [-0.25, -0.2) is 4.98 Å². The van der Waals surface area contributed by atoms with Crippen LogP contribution in [0.15, 0.2) is 41.8 Å². The molecule has 7 nitrogen and oxygen atoms in total. The Hall–Kier alpha value is -2.93. The summed E-state index contributed by atoms with van der Waals surface area (Å²) >= 11 is 0. The van der Waals surface area contributed by atoms with Crippen LogP contribution in [0, 0.1) is 6.92 Å². The second-order valence-corrected chi connectivity index (χ2v) is 6.61. The van der Waals surface area contributed by atoms with Crippen LogP contribution in [0.2, 0.25) is 0 Å². The van der Waals surface area contributed by atoms with E-state index in [0.29, 0.717) is 0 Å². The minimum Gasteiger partial charge on any atom is -0.404 e. The van der Waals surface area contributed by atoms with Crippen molar-refractivity contribution in [1.29, 1.82) is 0 Å². The SMILES string of the molecule is CN=C/C(=C\N)c1cnc2c(c1)NC[C@H](CNCCc1ccc(C)nc1)N2. The first kappa shape index (κ1) is 18.8. The monoisotopic (exact) mass is 365 g/mol. The van der Waals surface area contributed by atoms with Crippen LogP contribution in [0.1, 0.15) is 16.8 Å². The molecule has 1 atom stereocenters. The molecule has 3 rings (SSSR count). The van der Waals surface area contributed by atoms with Crippen LogP contribution in [0.25, 0.3) is 5.57 Å². The smallest absolute Gasteiger partial charge is 0.149 e. The maximum atomic E-state index is 5.68. The molecule has 0 fully saturated rings. The highest BCUT2D eigenvalue weighted by Gasteiger charge is 2.18. The van der Waals surface area contributed by atoms with Crippen molar-refractivity contribution < 1.29 is 0 Å². The first-order chi connectivity index (χ1) is 13.2. The maximum Gasteiger partial charge on any atom is 0.149 e. The van der Waals surface area contributed by atoms with Crippen LogP contribution in [0.3, 0.4) is 0 Å². The number of pyridine rings is 2. The molecule has 0 radical (unpaired) electrons. The molecule has 3 heterocycles. The lowest BCUT2D eigenvalue weighted by atomic mass is 10.1. The molecular formula is C20H27N7. The molecule has 2 aromatic rings. The molecule has 0 aliphatic carbocycles. The zero-order valence-corrected chi connectivity index (χ0v) is 15.9. The Labute approximate surface area is 160 Å². The number of nitrogens with one attached hydrogen (secondary N) is 3. The standard InChI is InChI=1S/C20H27N7/c1-14-3-4-15(9-24-14)5-6-23-12-18-13-25-19-7-16(11-26-20(19)27-18)17(8-21)10-22-2/h3-4,7-11,18,23,25H,5-6,12-13,21H2,1-2H3,(H,26,27)/b17-8+,22-10?/t18-/m0/s1. The van der Waals surface area contributed by atoms with Gasteiger partial charge in [0.2, 0.25) is 0 Å². The average molecular weight is 365 g/mol. The van der Waals surface area contributed by atoms with Gasteiger partial charge in [0, 0.05) is 61.8 Å². The van der Waals surface area contributed by atoms with Crippen molar-refractivity contribution in [3.8, 4) is 0 Å². The number of allylic oxidation sites excluding steroid dienone is 1. The Balaban J connectivity index is 1.50. The molecule has 0 unspecified atom stereocenters. The molecule has 0 saturated carbocycles. The summed E-state index contributed by atoms with van der Waals surface area (Å²) in [5.74, 6) is 0.865. The largest absolute Gasteiger partial charge is 0.404 e. The van der Waals surface area contributed by atoms with Gasteiger partial charge in [-0.05, 0) is 37.6 Å². The van der Waals surface area contributed by atoms with Crippen molar-refractivity contribution in [2.75, 3.05) is 37.3 Å². The van der Waals surface area contributed by atoms with E-state index in [9.17, 15) is 0 Å². The topological polar surface area (TPSA) is 100 Å². The molecule has 142 valence electrons. The summed E-state index contributed by atoms with van der Waals surface area (Å²) in [5.41, 5.74) is 10.8. The van der Waals surface area contributed by atoms with Gasteiger partial charge < -0.3 is 21.7 Å². The summed E-state index contributed by atoms with van der Waals surface area (Å²) in [4.78, 5) is 12.9. The molecule has 7 heteroatoms. The third-order valence-corrected chi connectivity index (χ3v) is 4.50. The lowest BCUT2D eigenvalue weighted by molar-refractivity contribution is 0.609. The molecule has 1 aliphatic heterocycles. The van der Waals surface area contributed by atoms with Crippen LogP contribution >= 0.6 is 0 Å². The third-order valence-electron chi connectivity index (χ3n) is 4.50. The molecule has 0 bridgehead atoms. The van der Waals surface area contributed by atoms with Gasteiger partial charge in [-0.15, -0.1) is 0 Å². The fourth-order valence-corrected chi connectivity index (χ4v) is 2.98. The quantitative estimate of drug-likeness (QED) is 0.441. The Morgan fingerprint density at radius 2 is 2.26 bits per heavy atom. The van der Waals surface area contributed by atoms with E-state index in [2.05, 4.69) is 43.0 Å². The molecule has 0 amide bonds. The van der Waals surface area contributed by atoms with E-state index in [-0.39, 0.29) is 6.04 Å². The van der Waals surface area contributed by atoms with Gasteiger partial charge in [-0.3, -0.25) is 9.98 Å². The van der Waals surface area contributed by atoms with Crippen LogP contribution in [-0.4, -0.2) is 48.9 Å². The van der Waals surface area contributed by atoms with Gasteiger partial charge in [-0.2, -0.15) is 0 Å². The van der Waals surface area contributed by atoms with Gasteiger partial charge >= 0.3 is 0 Å². The highest BCUT2D eigenvalue weighted by molar-refractivity contribution is 6.09. The van der Waals surface area contributed by atoms with Crippen molar-refractivity contribution >= 4 is 23.3 Å². The number of hydrogen-bond donors (Lipinski definition) is 4. The fourth-order valence-electron chi connectivity index (χ4n) is 2.98. The van der Waals surface area contributed by atoms with Gasteiger partial charge in [0.05, 0.1) is 11.7 Å². The zero-order valence-electron chi connectivity index (χ0n) is 15.9. The summed E-state index contributed by atoms with van der Waals surface area (Å²) in [6, 6.07) is 6.52. The number of aliphatic imine (C=N–C) groups is 1. The van der Waals surface area contributed by atoms with Crippen molar-refractivity contribution in [3.05, 3.63) is 53.6 Å². The molecule has 0 saturated heterocycles. The van der Waals surface area contributed by atoms with Gasteiger partial charge in [0.15, 0.2) is 0 Å². The molecule has 0 spiro atoms. The Kier molecular flexibility index (Phi) is 6.38. The number of rotatable bonds is 7. The second-order valence-electron chi connectivity index (χ2n) is 6.61. The highest BCUT2D eigenvalue weighted by atomic mass is 15.1. The Morgan fingerprint density at radius 1 is 1.37 bits per heavy atom. The Morgan fingerprint density at radius 3 is 3.00 bits per heavy atom. The molecule has 0 aromatic carbocycles. The summed E-state index contributed by atoms with van der Waals surface area (Å²) in [6.07, 6.45) is 8.01. The minimum atomic E-state index is 0.286. The third kappa shape index (κ3) is 5.04. The normalized spacial score (nSPS) is 16.7. The number of fused-ring (bicyclic) bond motifs is 1. The first-order valence-corrected chi connectivity index (χ1v) is 9.16. The Bertz CT molecular complexity index is 812. The zero-order chi connectivity index (χ0) is 19.1. The first-order valence-electron chi connectivity index (χ1n) is 9.16. The molecule has 27 heavy (non-hydrogen) atoms. The fraction of sp³-hybridized carbons (Fsp3) is 0.350. The number of nitrogens with two attached hydrogens (primary N) is 1. The predicted octanol–water partition coefficient (Wildman–Crippen LogP) is 1.82. The van der Waals surface area contributed by atoms with E-state index in [1.54, 1.807) is 19.5 Å². The van der Waals surface area contributed by atoms with E-state index < -0.39 is 0 Å². The van der Waals surface area contributed by atoms with E-state index >= 15 is 0 Å². The van der Waals surface area contributed by atoms with Gasteiger partial charge in [0.1, 0.15) is 5.82 Å². The second kappa shape index (κ2) is 9.14. The van der Waals surface area contributed by atoms with Crippen molar-refractivity contribution in [2.45, 2.75) is 19.4 Å². The molecule has 1 aliphatic rings. The van der Waals surface area contributed by atoms with E-state index in [0.717, 1.165) is 54.4 Å². The lowest BCUT2D eigenvalue weighted by Crippen LogP contribution is -2.42. The van der Waals surface area contributed by atoms with Crippen LogP contribution in [0.4, 0.5) is 11.5 Å². The summed E-state index contributed by atoms with van der Waals surface area (Å²) in [6.45, 7) is 4.62. The maximum absolute atomic E-state index is 5.68. The average Bonchev–Trinajstić information content (AvgIpc) is 2.70. The highest BCUT2D eigenvalue weighted by Crippen LogP contribution is 2.26. The van der Waals surface area contributed by atoms with Crippen LogP contribution < -0.4 is 21.7 Å². The number of aryl methyl sites for hydroxylation is 1. The van der Waals surface area contributed by atoms with E-state index in [1.165, 1.54) is 5.56 Å².